The smallest absolute Gasteiger partial charge is 0.191 e. The first-order chi connectivity index (χ1) is 13.1. The third kappa shape index (κ3) is 6.51. The number of nitrogens with zero attached hydrogens (tertiary/aromatic N) is 3. The molecule has 2 N–H and O–H groups in total. The van der Waals surface area contributed by atoms with Crippen LogP contribution in [0.25, 0.3) is 0 Å². The van der Waals surface area contributed by atoms with E-state index in [0.29, 0.717) is 6.04 Å². The highest BCUT2D eigenvalue weighted by Gasteiger charge is 2.21. The number of hydrogen-bond donors (Lipinski definition) is 2. The molecule has 1 unspecified atom stereocenters. The minimum absolute atomic E-state index is 0.527. The Morgan fingerprint density at radius 2 is 2.00 bits per heavy atom. The van der Waals surface area contributed by atoms with Gasteiger partial charge in [-0.3, -0.25) is 9.89 Å². The first-order valence-corrected chi connectivity index (χ1v) is 10.6. The molecule has 0 saturated carbocycles. The van der Waals surface area contributed by atoms with Crippen molar-refractivity contribution >= 4 is 5.96 Å². The Morgan fingerprint density at radius 3 is 2.70 bits per heavy atom. The topological polar surface area (TPSA) is 42.9 Å². The van der Waals surface area contributed by atoms with Gasteiger partial charge in [-0.25, -0.2) is 0 Å². The second-order valence-electron chi connectivity index (χ2n) is 8.41. The number of rotatable bonds is 5. The number of benzene rings is 1. The minimum atomic E-state index is 0.527. The van der Waals surface area contributed by atoms with Crippen molar-refractivity contribution in [2.24, 2.45) is 10.9 Å². The highest BCUT2D eigenvalue weighted by Crippen LogP contribution is 2.16. The van der Waals surface area contributed by atoms with Gasteiger partial charge in [0, 0.05) is 45.8 Å². The van der Waals surface area contributed by atoms with Crippen LogP contribution in [-0.2, 0) is 6.54 Å². The number of guanidine groups is 1. The van der Waals surface area contributed by atoms with E-state index >= 15 is 0 Å². The summed E-state index contributed by atoms with van der Waals surface area (Å²) in [5.74, 6) is 1.71. The number of aryl methyl sites for hydroxylation is 1. The summed E-state index contributed by atoms with van der Waals surface area (Å²) in [6.45, 7) is 8.99. The number of hydrogen-bond acceptors (Lipinski definition) is 3. The fraction of sp³-hybridized carbons (Fsp3) is 0.682. The summed E-state index contributed by atoms with van der Waals surface area (Å²) in [5.41, 5.74) is 2.78. The molecule has 0 radical (unpaired) electrons. The average molecular weight is 372 g/mol. The molecule has 150 valence electrons. The van der Waals surface area contributed by atoms with Gasteiger partial charge < -0.3 is 15.5 Å². The summed E-state index contributed by atoms with van der Waals surface area (Å²) in [6.07, 6.45) is 5.00. The van der Waals surface area contributed by atoms with Crippen LogP contribution in [-0.4, -0.2) is 68.6 Å². The molecule has 0 aromatic heterocycles. The maximum atomic E-state index is 4.45. The minimum Gasteiger partial charge on any atom is -0.356 e. The van der Waals surface area contributed by atoms with Gasteiger partial charge in [-0.2, -0.15) is 0 Å². The van der Waals surface area contributed by atoms with Crippen molar-refractivity contribution < 1.29 is 0 Å². The molecular weight excluding hydrogens is 334 g/mol. The molecule has 2 fully saturated rings. The summed E-state index contributed by atoms with van der Waals surface area (Å²) >= 11 is 0. The van der Waals surface area contributed by atoms with Gasteiger partial charge in [-0.15, -0.1) is 0 Å². The monoisotopic (exact) mass is 371 g/mol. The lowest BCUT2D eigenvalue weighted by atomic mass is 9.98. The fourth-order valence-corrected chi connectivity index (χ4v) is 4.37. The van der Waals surface area contributed by atoms with Crippen LogP contribution in [0.15, 0.2) is 29.3 Å². The molecule has 1 aromatic carbocycles. The number of aliphatic imine (C=N–C) groups is 1. The van der Waals surface area contributed by atoms with Crippen LogP contribution in [0.3, 0.4) is 0 Å². The van der Waals surface area contributed by atoms with Gasteiger partial charge in [-0.05, 0) is 57.7 Å². The average Bonchev–Trinajstić information content (AvgIpc) is 2.66. The lowest BCUT2D eigenvalue weighted by Crippen LogP contribution is -2.50. The van der Waals surface area contributed by atoms with Crippen LogP contribution in [0.4, 0.5) is 0 Å². The SMILES string of the molecule is CN=C(NCC1CCCN(C)C1)NC1CCN(Cc2cccc(C)c2)CC1. The van der Waals surface area contributed by atoms with Crippen molar-refractivity contribution in [3.8, 4) is 0 Å². The molecule has 2 aliphatic rings. The molecule has 0 aliphatic carbocycles. The summed E-state index contributed by atoms with van der Waals surface area (Å²) in [6, 6.07) is 9.41. The summed E-state index contributed by atoms with van der Waals surface area (Å²) in [7, 11) is 4.11. The molecule has 2 aliphatic heterocycles. The summed E-state index contributed by atoms with van der Waals surface area (Å²) < 4.78 is 0. The molecule has 1 atom stereocenters. The van der Waals surface area contributed by atoms with Gasteiger partial charge in [0.25, 0.3) is 0 Å². The molecule has 5 heteroatoms. The van der Waals surface area contributed by atoms with Crippen molar-refractivity contribution in [3.05, 3.63) is 35.4 Å². The van der Waals surface area contributed by atoms with Gasteiger partial charge in [0.15, 0.2) is 5.96 Å². The largest absolute Gasteiger partial charge is 0.356 e. The van der Waals surface area contributed by atoms with E-state index < -0.39 is 0 Å². The van der Waals surface area contributed by atoms with E-state index in [1.165, 1.54) is 49.9 Å². The molecule has 2 heterocycles. The van der Waals surface area contributed by atoms with Gasteiger partial charge in [0.2, 0.25) is 0 Å². The third-order valence-electron chi connectivity index (χ3n) is 5.92. The lowest BCUT2D eigenvalue weighted by Gasteiger charge is -2.34. The van der Waals surface area contributed by atoms with E-state index in [1.54, 1.807) is 0 Å². The van der Waals surface area contributed by atoms with Crippen molar-refractivity contribution in [2.75, 3.05) is 46.8 Å². The van der Waals surface area contributed by atoms with E-state index in [1.807, 2.05) is 7.05 Å². The summed E-state index contributed by atoms with van der Waals surface area (Å²) in [5, 5.41) is 7.21. The molecular formula is C22H37N5. The van der Waals surface area contributed by atoms with Crippen molar-refractivity contribution in [2.45, 2.75) is 45.2 Å². The molecule has 0 amide bonds. The zero-order chi connectivity index (χ0) is 19.1. The van der Waals surface area contributed by atoms with E-state index in [-0.39, 0.29) is 0 Å². The normalized spacial score (nSPS) is 23.4. The zero-order valence-corrected chi connectivity index (χ0v) is 17.4. The second kappa shape index (κ2) is 10.1. The maximum absolute atomic E-state index is 4.45. The third-order valence-corrected chi connectivity index (χ3v) is 5.92. The standard InChI is InChI=1S/C22H37N5/c1-18-6-4-7-19(14-18)17-27-12-9-21(10-13-27)25-22(23-2)24-15-20-8-5-11-26(3)16-20/h4,6-7,14,20-21H,5,8-13,15-17H2,1-3H3,(H2,23,24,25). The second-order valence-corrected chi connectivity index (χ2v) is 8.41. The van der Waals surface area contributed by atoms with Gasteiger partial charge in [0.05, 0.1) is 0 Å². The molecule has 0 bridgehead atoms. The van der Waals surface area contributed by atoms with Crippen LogP contribution in [0.2, 0.25) is 0 Å². The first kappa shape index (κ1) is 20.2. The molecule has 1 aromatic rings. The quantitative estimate of drug-likeness (QED) is 0.616. The van der Waals surface area contributed by atoms with Crippen molar-refractivity contribution in [1.82, 2.24) is 20.4 Å². The Kier molecular flexibility index (Phi) is 7.53. The highest BCUT2D eigenvalue weighted by atomic mass is 15.2. The van der Waals surface area contributed by atoms with Gasteiger partial charge in [0.1, 0.15) is 0 Å². The summed E-state index contributed by atoms with van der Waals surface area (Å²) in [4.78, 5) is 9.46. The van der Waals surface area contributed by atoms with Crippen molar-refractivity contribution in [1.29, 1.82) is 0 Å². The van der Waals surface area contributed by atoms with Gasteiger partial charge >= 0.3 is 0 Å². The Morgan fingerprint density at radius 1 is 1.19 bits per heavy atom. The predicted octanol–water partition coefficient (Wildman–Crippen LogP) is 2.47. The van der Waals surface area contributed by atoms with E-state index in [4.69, 9.17) is 0 Å². The Balaban J connectivity index is 1.38. The van der Waals surface area contributed by atoms with E-state index in [2.05, 4.69) is 63.7 Å². The van der Waals surface area contributed by atoms with E-state index in [0.717, 1.165) is 38.1 Å². The van der Waals surface area contributed by atoms with Crippen LogP contribution in [0, 0.1) is 12.8 Å². The van der Waals surface area contributed by atoms with Crippen molar-refractivity contribution in [3.63, 3.8) is 0 Å². The zero-order valence-electron chi connectivity index (χ0n) is 17.4. The Bertz CT molecular complexity index is 606. The lowest BCUT2D eigenvalue weighted by molar-refractivity contribution is 0.197. The number of likely N-dealkylation sites (tertiary alicyclic amines) is 2. The van der Waals surface area contributed by atoms with Crippen LogP contribution in [0.1, 0.15) is 36.8 Å². The highest BCUT2D eigenvalue weighted by molar-refractivity contribution is 5.79. The molecule has 0 spiro atoms. The maximum Gasteiger partial charge on any atom is 0.191 e. The Labute approximate surface area is 165 Å². The molecule has 2 saturated heterocycles. The molecule has 27 heavy (non-hydrogen) atoms. The number of nitrogens with one attached hydrogen (secondary N) is 2. The van der Waals surface area contributed by atoms with Crippen LogP contribution < -0.4 is 10.6 Å². The fourth-order valence-electron chi connectivity index (χ4n) is 4.37. The Hall–Kier alpha value is -1.59. The van der Waals surface area contributed by atoms with E-state index in [9.17, 15) is 0 Å². The van der Waals surface area contributed by atoms with Gasteiger partial charge in [-0.1, -0.05) is 29.8 Å². The van der Waals surface area contributed by atoms with Crippen LogP contribution >= 0.6 is 0 Å². The first-order valence-electron chi connectivity index (χ1n) is 10.6. The van der Waals surface area contributed by atoms with Crippen LogP contribution in [0.5, 0.6) is 0 Å². The molecule has 5 nitrogen and oxygen atoms in total. The predicted molar refractivity (Wildman–Crippen MR) is 114 cm³/mol. The number of piperidine rings is 2. The molecule has 3 rings (SSSR count).